The number of nitrogens with zero attached hydrogens (tertiary/aromatic N) is 1. The van der Waals surface area contributed by atoms with Crippen LogP contribution < -0.4 is 5.56 Å². The smallest absolute Gasteiger partial charge is 0.416 e. The van der Waals surface area contributed by atoms with Gasteiger partial charge in [-0.2, -0.15) is 13.2 Å². The fourth-order valence-corrected chi connectivity index (χ4v) is 2.54. The predicted octanol–water partition coefficient (Wildman–Crippen LogP) is 3.77. The van der Waals surface area contributed by atoms with Gasteiger partial charge in [0.15, 0.2) is 0 Å². The second-order valence-electron chi connectivity index (χ2n) is 5.55. The molecule has 0 aliphatic heterocycles. The summed E-state index contributed by atoms with van der Waals surface area (Å²) in [6.07, 6.45) is -3.04. The van der Waals surface area contributed by atoms with E-state index in [-0.39, 0.29) is 22.9 Å². The monoisotopic (exact) mass is 347 g/mol. The Morgan fingerprint density at radius 3 is 2.32 bits per heavy atom. The third kappa shape index (κ3) is 3.40. The van der Waals surface area contributed by atoms with Gasteiger partial charge in [-0.05, 0) is 47.3 Å². The highest BCUT2D eigenvalue weighted by atomic mass is 19.4. The Hall–Kier alpha value is -3.09. The molecule has 1 heterocycles. The Labute approximate surface area is 139 Å². The molecular weight excluding hydrogens is 335 g/mol. The van der Waals surface area contributed by atoms with Gasteiger partial charge >= 0.3 is 12.1 Å². The van der Waals surface area contributed by atoms with Gasteiger partial charge in [0.25, 0.3) is 5.56 Å². The van der Waals surface area contributed by atoms with E-state index in [2.05, 4.69) is 0 Å². The van der Waals surface area contributed by atoms with Crippen molar-refractivity contribution in [2.45, 2.75) is 12.7 Å². The van der Waals surface area contributed by atoms with E-state index in [1.54, 1.807) is 12.1 Å². The van der Waals surface area contributed by atoms with Crippen molar-refractivity contribution in [2.24, 2.45) is 0 Å². The molecule has 7 heteroatoms. The van der Waals surface area contributed by atoms with Crippen LogP contribution in [0.2, 0.25) is 0 Å². The van der Waals surface area contributed by atoms with Crippen LogP contribution in [-0.4, -0.2) is 15.6 Å². The lowest BCUT2D eigenvalue weighted by Crippen LogP contribution is -2.20. The number of carboxylic acid groups (broad SMARTS) is 1. The number of alkyl halides is 3. The van der Waals surface area contributed by atoms with Crippen LogP contribution in [0.1, 0.15) is 21.5 Å². The predicted molar refractivity (Wildman–Crippen MR) is 85.7 cm³/mol. The van der Waals surface area contributed by atoms with Gasteiger partial charge in [0, 0.05) is 11.6 Å². The highest BCUT2D eigenvalue weighted by Crippen LogP contribution is 2.30. The van der Waals surface area contributed by atoms with E-state index in [4.69, 9.17) is 5.11 Å². The quantitative estimate of drug-likeness (QED) is 0.785. The summed E-state index contributed by atoms with van der Waals surface area (Å²) in [7, 11) is 0. The number of hydrogen-bond acceptors (Lipinski definition) is 2. The Morgan fingerprint density at radius 2 is 1.72 bits per heavy atom. The molecule has 0 radical (unpaired) electrons. The molecule has 1 N–H and O–H groups in total. The molecule has 4 nitrogen and oxygen atoms in total. The molecule has 0 atom stereocenters. The first-order valence-electron chi connectivity index (χ1n) is 7.28. The third-order valence-corrected chi connectivity index (χ3v) is 3.86. The summed E-state index contributed by atoms with van der Waals surface area (Å²) >= 11 is 0. The first-order valence-corrected chi connectivity index (χ1v) is 7.28. The van der Waals surface area contributed by atoms with Crippen LogP contribution in [0.5, 0.6) is 0 Å². The lowest BCUT2D eigenvalue weighted by molar-refractivity contribution is -0.137. The van der Waals surface area contributed by atoms with Gasteiger partial charge in [-0.3, -0.25) is 4.79 Å². The third-order valence-electron chi connectivity index (χ3n) is 3.86. The standard InChI is InChI=1S/C18H12F3NO3/c19-18(20,21)14-5-6-15-13(9-14)7-8-22(16(15)23)10-11-1-3-12(4-2-11)17(24)25/h1-9H,10H2,(H,24,25). The van der Waals surface area contributed by atoms with Crippen LogP contribution in [0.4, 0.5) is 13.2 Å². The Balaban J connectivity index is 1.96. The number of carbonyl (C=O) groups is 1. The first kappa shape index (κ1) is 16.8. The van der Waals surface area contributed by atoms with Gasteiger partial charge < -0.3 is 9.67 Å². The summed E-state index contributed by atoms with van der Waals surface area (Å²) in [5.74, 6) is -1.05. The van der Waals surface area contributed by atoms with E-state index >= 15 is 0 Å². The van der Waals surface area contributed by atoms with Gasteiger partial charge in [0.2, 0.25) is 0 Å². The van der Waals surface area contributed by atoms with Crippen molar-refractivity contribution < 1.29 is 23.1 Å². The van der Waals surface area contributed by atoms with Gasteiger partial charge in [-0.15, -0.1) is 0 Å². The van der Waals surface area contributed by atoms with E-state index in [0.29, 0.717) is 5.56 Å². The summed E-state index contributed by atoms with van der Waals surface area (Å²) in [6, 6.07) is 10.5. The first-order chi connectivity index (χ1) is 11.8. The molecule has 0 saturated carbocycles. The molecule has 0 amide bonds. The number of aromatic carboxylic acids is 1. The minimum atomic E-state index is -4.46. The van der Waals surface area contributed by atoms with Crippen LogP contribution >= 0.6 is 0 Å². The van der Waals surface area contributed by atoms with Crippen molar-refractivity contribution in [1.29, 1.82) is 0 Å². The molecule has 3 aromatic rings. The van der Waals surface area contributed by atoms with E-state index in [1.165, 1.54) is 35.0 Å². The summed E-state index contributed by atoms with van der Waals surface area (Å²) in [4.78, 5) is 23.3. The van der Waals surface area contributed by atoms with Crippen molar-refractivity contribution >= 4 is 16.7 Å². The molecule has 0 saturated heterocycles. The Kier molecular flexibility index (Phi) is 4.08. The number of hydrogen-bond donors (Lipinski definition) is 1. The SMILES string of the molecule is O=C(O)c1ccc(Cn2ccc3cc(C(F)(F)F)ccc3c2=O)cc1. The van der Waals surface area contributed by atoms with E-state index < -0.39 is 23.3 Å². The van der Waals surface area contributed by atoms with E-state index in [1.807, 2.05) is 0 Å². The number of pyridine rings is 1. The number of aromatic nitrogens is 1. The molecule has 3 rings (SSSR count). The van der Waals surface area contributed by atoms with Crippen LogP contribution in [0.3, 0.4) is 0 Å². The zero-order valence-electron chi connectivity index (χ0n) is 12.7. The maximum Gasteiger partial charge on any atom is 0.416 e. The number of fused-ring (bicyclic) bond motifs is 1. The highest BCUT2D eigenvalue weighted by molar-refractivity contribution is 5.87. The largest absolute Gasteiger partial charge is 0.478 e. The second-order valence-corrected chi connectivity index (χ2v) is 5.55. The van der Waals surface area contributed by atoms with Crippen molar-refractivity contribution in [3.8, 4) is 0 Å². The fourth-order valence-electron chi connectivity index (χ4n) is 2.54. The van der Waals surface area contributed by atoms with Gasteiger partial charge in [-0.1, -0.05) is 12.1 Å². The molecule has 0 bridgehead atoms. The van der Waals surface area contributed by atoms with Crippen LogP contribution in [0.25, 0.3) is 10.8 Å². The maximum absolute atomic E-state index is 12.7. The summed E-state index contributed by atoms with van der Waals surface area (Å²) < 4.78 is 39.6. The Bertz CT molecular complexity index is 1000. The van der Waals surface area contributed by atoms with Crippen molar-refractivity contribution in [3.05, 3.63) is 81.8 Å². The summed E-state index contributed by atoms with van der Waals surface area (Å²) in [5.41, 5.74) is -0.373. The molecule has 0 aliphatic carbocycles. The summed E-state index contributed by atoms with van der Waals surface area (Å²) in [6.45, 7) is 0.190. The molecule has 0 unspecified atom stereocenters. The normalized spacial score (nSPS) is 11.6. The van der Waals surface area contributed by atoms with E-state index in [0.717, 1.165) is 12.1 Å². The number of rotatable bonds is 3. The average Bonchev–Trinajstić information content (AvgIpc) is 2.57. The summed E-state index contributed by atoms with van der Waals surface area (Å²) in [5, 5.41) is 9.28. The molecule has 0 spiro atoms. The number of carboxylic acids is 1. The Morgan fingerprint density at radius 1 is 1.04 bits per heavy atom. The van der Waals surface area contributed by atoms with Gasteiger partial charge in [-0.25, -0.2) is 4.79 Å². The molecule has 2 aromatic carbocycles. The van der Waals surface area contributed by atoms with Crippen molar-refractivity contribution in [2.75, 3.05) is 0 Å². The topological polar surface area (TPSA) is 59.3 Å². The molecule has 1 aromatic heterocycles. The lowest BCUT2D eigenvalue weighted by Gasteiger charge is -2.10. The second kappa shape index (κ2) is 6.08. The average molecular weight is 347 g/mol. The van der Waals surface area contributed by atoms with Crippen LogP contribution in [0, 0.1) is 0 Å². The minimum Gasteiger partial charge on any atom is -0.478 e. The zero-order chi connectivity index (χ0) is 18.2. The lowest BCUT2D eigenvalue weighted by atomic mass is 10.1. The maximum atomic E-state index is 12.7. The fraction of sp³-hybridized carbons (Fsp3) is 0.111. The molecular formula is C18H12F3NO3. The minimum absolute atomic E-state index is 0.134. The van der Waals surface area contributed by atoms with E-state index in [9.17, 15) is 22.8 Å². The molecule has 128 valence electrons. The number of benzene rings is 2. The zero-order valence-corrected chi connectivity index (χ0v) is 12.7. The molecule has 25 heavy (non-hydrogen) atoms. The van der Waals surface area contributed by atoms with Crippen LogP contribution in [0.15, 0.2) is 59.5 Å². The van der Waals surface area contributed by atoms with Gasteiger partial charge in [0.05, 0.1) is 17.7 Å². The van der Waals surface area contributed by atoms with Crippen LogP contribution in [-0.2, 0) is 12.7 Å². The van der Waals surface area contributed by atoms with Crippen molar-refractivity contribution in [1.82, 2.24) is 4.57 Å². The van der Waals surface area contributed by atoms with Crippen molar-refractivity contribution in [3.63, 3.8) is 0 Å². The molecule has 0 aliphatic rings. The van der Waals surface area contributed by atoms with Gasteiger partial charge in [0.1, 0.15) is 0 Å². The molecule has 0 fully saturated rings. The highest BCUT2D eigenvalue weighted by Gasteiger charge is 2.30. The number of halogens is 3.